The summed E-state index contributed by atoms with van der Waals surface area (Å²) >= 11 is 0. The first-order valence-electron chi connectivity index (χ1n) is 16.3. The van der Waals surface area contributed by atoms with E-state index in [1.165, 1.54) is 24.0 Å². The van der Waals surface area contributed by atoms with Crippen molar-refractivity contribution in [2.45, 2.75) is 86.7 Å². The van der Waals surface area contributed by atoms with E-state index in [1.54, 1.807) is 6.92 Å². The van der Waals surface area contributed by atoms with E-state index >= 15 is 0 Å². The molecule has 0 fully saturated rings. The predicted octanol–water partition coefficient (Wildman–Crippen LogP) is 10.8. The summed E-state index contributed by atoms with van der Waals surface area (Å²) in [4.78, 5) is 6.80. The summed E-state index contributed by atoms with van der Waals surface area (Å²) in [5.74, 6) is 0. The number of benzene rings is 2. The molecule has 0 aliphatic heterocycles. The van der Waals surface area contributed by atoms with Gasteiger partial charge >= 0.3 is 0 Å². The van der Waals surface area contributed by atoms with Gasteiger partial charge in [-0.3, -0.25) is 4.99 Å². The third kappa shape index (κ3) is 16.9. The minimum Gasteiger partial charge on any atom is -0.390 e. The van der Waals surface area contributed by atoms with Crippen LogP contribution < -0.4 is 10.2 Å². The number of nitrogens with one attached hydrogen (secondary N) is 1. The largest absolute Gasteiger partial charge is 0.390 e. The first-order chi connectivity index (χ1) is 21.9. The maximum atomic E-state index is 13.3. The number of aliphatic hydroxyl groups is 1. The Morgan fingerprint density at radius 1 is 1.07 bits per heavy atom. The highest BCUT2D eigenvalue weighted by Gasteiger charge is 2.10. The maximum absolute atomic E-state index is 13.3. The molecule has 1 atom stereocenters. The smallest absolute Gasteiger partial charge is 0.101 e. The number of aliphatic imine (C=N–C) groups is 1. The number of allylic oxidation sites excluding steroid dienone is 5. The SMILES string of the molecule is C=C(C)c1ccc(N(C)C(=C)C(C)=N/C=C(\C/C=C\C)c2ccc(CC(C)F)cc2)cc1C.C=CCCNC(=C)CO.CCCC. The van der Waals surface area contributed by atoms with Crippen LogP contribution in [0.1, 0.15) is 89.5 Å². The molecule has 0 aliphatic rings. The van der Waals surface area contributed by atoms with E-state index in [2.05, 4.69) is 81.6 Å². The number of hydrogen-bond acceptors (Lipinski definition) is 4. The molecule has 2 N–H and O–H groups in total. The van der Waals surface area contributed by atoms with Gasteiger partial charge in [0.2, 0.25) is 0 Å². The summed E-state index contributed by atoms with van der Waals surface area (Å²) in [6, 6.07) is 14.4. The second kappa shape index (κ2) is 24.3. The molecule has 0 heterocycles. The van der Waals surface area contributed by atoms with Crippen LogP contribution in [0.25, 0.3) is 11.1 Å². The van der Waals surface area contributed by atoms with Crippen LogP contribution in [0.4, 0.5) is 10.1 Å². The van der Waals surface area contributed by atoms with Crippen molar-refractivity contribution in [3.8, 4) is 0 Å². The first kappa shape index (κ1) is 42.0. The molecule has 0 spiro atoms. The Balaban J connectivity index is 0.00000131. The molecule has 0 radical (unpaired) electrons. The Hall–Kier alpha value is -3.96. The van der Waals surface area contributed by atoms with Gasteiger partial charge in [0.05, 0.1) is 18.0 Å². The van der Waals surface area contributed by atoms with E-state index in [4.69, 9.17) is 10.1 Å². The second-order valence-corrected chi connectivity index (χ2v) is 11.4. The van der Waals surface area contributed by atoms with Crippen molar-refractivity contribution in [1.82, 2.24) is 5.32 Å². The summed E-state index contributed by atoms with van der Waals surface area (Å²) in [6.07, 6.45) is 11.8. The number of unbranched alkanes of at least 4 members (excludes halogenated alkanes) is 1. The number of alkyl halides is 1. The van der Waals surface area contributed by atoms with Gasteiger partial charge in [0.15, 0.2) is 0 Å². The minimum absolute atomic E-state index is 0.0111. The third-order valence-electron chi connectivity index (χ3n) is 7.12. The van der Waals surface area contributed by atoms with Gasteiger partial charge in [-0.2, -0.15) is 0 Å². The number of aryl methyl sites for hydroxylation is 1. The van der Waals surface area contributed by atoms with Gasteiger partial charge in [-0.1, -0.05) is 101 Å². The van der Waals surface area contributed by atoms with Crippen LogP contribution >= 0.6 is 0 Å². The van der Waals surface area contributed by atoms with Gasteiger partial charge < -0.3 is 15.3 Å². The number of hydrogen-bond donors (Lipinski definition) is 2. The molecule has 0 aliphatic carbocycles. The van der Waals surface area contributed by atoms with Crippen LogP contribution in [0.3, 0.4) is 0 Å². The van der Waals surface area contributed by atoms with Crippen LogP contribution in [0, 0.1) is 6.92 Å². The lowest BCUT2D eigenvalue weighted by molar-refractivity contribution is 0.322. The Labute approximate surface area is 280 Å². The van der Waals surface area contributed by atoms with E-state index < -0.39 is 6.17 Å². The van der Waals surface area contributed by atoms with Gasteiger partial charge in [0.1, 0.15) is 6.17 Å². The highest BCUT2D eigenvalue weighted by atomic mass is 19.1. The van der Waals surface area contributed by atoms with Crippen molar-refractivity contribution < 1.29 is 9.50 Å². The molecule has 1 unspecified atom stereocenters. The molecule has 0 saturated carbocycles. The summed E-state index contributed by atoms with van der Waals surface area (Å²) < 4.78 is 13.3. The van der Waals surface area contributed by atoms with Crippen molar-refractivity contribution in [1.29, 1.82) is 0 Å². The van der Waals surface area contributed by atoms with Gasteiger partial charge in [-0.25, -0.2) is 4.39 Å². The first-order valence-corrected chi connectivity index (χ1v) is 16.3. The Morgan fingerprint density at radius 3 is 2.17 bits per heavy atom. The predicted molar refractivity (Wildman–Crippen MR) is 204 cm³/mol. The molecule has 46 heavy (non-hydrogen) atoms. The lowest BCUT2D eigenvalue weighted by atomic mass is 10.0. The molecular weight excluding hydrogens is 569 g/mol. The zero-order valence-corrected chi connectivity index (χ0v) is 29.9. The topological polar surface area (TPSA) is 47.9 Å². The average Bonchev–Trinajstić information content (AvgIpc) is 3.04. The number of anilines is 1. The fourth-order valence-corrected chi connectivity index (χ4v) is 4.06. The van der Waals surface area contributed by atoms with Crippen molar-refractivity contribution in [3.63, 3.8) is 0 Å². The molecule has 0 bridgehead atoms. The summed E-state index contributed by atoms with van der Waals surface area (Å²) in [5.41, 5.74) is 10.0. The van der Waals surface area contributed by atoms with Crippen LogP contribution in [0.15, 0.2) is 110 Å². The monoisotopic (exact) mass is 629 g/mol. The standard InChI is InChI=1S/C30H37FN2.C7H13NO.C4H10/c1-9-10-11-28(27-14-12-26(13-15-27)19-23(5)31)20-32-24(6)25(7)33(8)29-16-17-30(21(2)3)22(4)18-29;1-3-4-5-8-7(2)6-9;1-3-4-2/h9-10,12-18,20,23H,2,7,11,19H2,1,3-6,8H3;3,8-9H,1-2,4-6H2;3-4H2,1-2H3/b10-9-,28-20+,32-24?;;. The van der Waals surface area contributed by atoms with E-state index in [0.717, 1.165) is 58.8 Å². The molecule has 0 amide bonds. The zero-order chi connectivity index (χ0) is 35.1. The van der Waals surface area contributed by atoms with Crippen LogP contribution in [-0.4, -0.2) is 37.2 Å². The van der Waals surface area contributed by atoms with E-state index in [-0.39, 0.29) is 6.61 Å². The quantitative estimate of drug-likeness (QED) is 0.110. The number of rotatable bonds is 16. The fourth-order valence-electron chi connectivity index (χ4n) is 4.06. The van der Waals surface area contributed by atoms with Gasteiger partial charge in [-0.05, 0) is 87.4 Å². The Kier molecular flexibility index (Phi) is 22.2. The van der Waals surface area contributed by atoms with Gasteiger partial charge in [0, 0.05) is 37.6 Å². The number of nitrogens with zero attached hydrogens (tertiary/aromatic N) is 2. The summed E-state index contributed by atoms with van der Waals surface area (Å²) in [5, 5.41) is 11.4. The summed E-state index contributed by atoms with van der Waals surface area (Å²) in [7, 11) is 2.01. The second-order valence-electron chi connectivity index (χ2n) is 11.4. The lowest BCUT2D eigenvalue weighted by Gasteiger charge is -2.23. The van der Waals surface area contributed by atoms with Crippen LogP contribution in [0.2, 0.25) is 0 Å². The number of aliphatic hydroxyl groups excluding tert-OH is 1. The lowest BCUT2D eigenvalue weighted by Crippen LogP contribution is -2.20. The van der Waals surface area contributed by atoms with Crippen molar-refractivity contribution in [2.75, 3.05) is 25.1 Å². The number of halogens is 1. The normalized spacial score (nSPS) is 11.9. The molecule has 4 nitrogen and oxygen atoms in total. The van der Waals surface area contributed by atoms with E-state index in [9.17, 15) is 4.39 Å². The average molecular weight is 630 g/mol. The third-order valence-corrected chi connectivity index (χ3v) is 7.12. The van der Waals surface area contributed by atoms with Crippen LogP contribution in [-0.2, 0) is 6.42 Å². The highest BCUT2D eigenvalue weighted by molar-refractivity contribution is 6.01. The molecule has 0 aromatic heterocycles. The van der Waals surface area contributed by atoms with E-state index in [0.29, 0.717) is 12.1 Å². The molecule has 2 rings (SSSR count). The van der Waals surface area contributed by atoms with Crippen molar-refractivity contribution >= 4 is 22.5 Å². The van der Waals surface area contributed by atoms with Gasteiger partial charge in [-0.15, -0.1) is 6.58 Å². The molecule has 2 aromatic rings. The zero-order valence-electron chi connectivity index (χ0n) is 29.9. The molecule has 0 saturated heterocycles. The van der Waals surface area contributed by atoms with Crippen LogP contribution in [0.5, 0.6) is 0 Å². The Bertz CT molecular complexity index is 1310. The summed E-state index contributed by atoms with van der Waals surface area (Å²) in [6.45, 7) is 30.3. The van der Waals surface area contributed by atoms with E-state index in [1.807, 2.05) is 70.4 Å². The van der Waals surface area contributed by atoms with Gasteiger partial charge in [0.25, 0.3) is 0 Å². The molecule has 2 aromatic carbocycles. The maximum Gasteiger partial charge on any atom is 0.101 e. The molecule has 5 heteroatoms. The fraction of sp³-hybridized carbons (Fsp3) is 0.390. The minimum atomic E-state index is -0.843. The Morgan fingerprint density at radius 2 is 1.70 bits per heavy atom. The molecular formula is C41H60FN3O. The molecule has 252 valence electrons. The van der Waals surface area contributed by atoms with Crippen molar-refractivity contribution in [2.24, 2.45) is 4.99 Å². The van der Waals surface area contributed by atoms with Crippen molar-refractivity contribution in [3.05, 3.63) is 127 Å². The highest BCUT2D eigenvalue weighted by Crippen LogP contribution is 2.25.